The van der Waals surface area contributed by atoms with Gasteiger partial charge in [0.05, 0.1) is 12.0 Å². The summed E-state index contributed by atoms with van der Waals surface area (Å²) >= 11 is 0. The van der Waals surface area contributed by atoms with E-state index in [4.69, 9.17) is 4.74 Å². The van der Waals surface area contributed by atoms with Gasteiger partial charge in [-0.3, -0.25) is 14.0 Å². The molecular formula is C20H22N4O4. The van der Waals surface area contributed by atoms with Gasteiger partial charge < -0.3 is 9.30 Å². The summed E-state index contributed by atoms with van der Waals surface area (Å²) in [5.74, 6) is -1.08. The van der Waals surface area contributed by atoms with E-state index in [2.05, 4.69) is 9.98 Å². The van der Waals surface area contributed by atoms with Crippen molar-refractivity contribution in [2.45, 2.75) is 40.2 Å². The van der Waals surface area contributed by atoms with E-state index in [-0.39, 0.29) is 28.6 Å². The van der Waals surface area contributed by atoms with Crippen LogP contribution in [0.2, 0.25) is 0 Å². The van der Waals surface area contributed by atoms with Crippen molar-refractivity contribution in [3.63, 3.8) is 0 Å². The minimum atomic E-state index is -0.632. The Bertz CT molecular complexity index is 1190. The fraction of sp³-hybridized carbons (Fsp3) is 0.350. The number of hydrogen-bond acceptors (Lipinski definition) is 5. The highest BCUT2D eigenvalue weighted by atomic mass is 16.5. The first-order valence-electron chi connectivity index (χ1n) is 9.25. The zero-order valence-corrected chi connectivity index (χ0v) is 16.1. The van der Waals surface area contributed by atoms with Crippen LogP contribution in [0.4, 0.5) is 0 Å². The molecular weight excluding hydrogens is 360 g/mol. The van der Waals surface area contributed by atoms with Gasteiger partial charge in [0.1, 0.15) is 16.9 Å². The van der Waals surface area contributed by atoms with Crippen LogP contribution in [-0.4, -0.2) is 32.4 Å². The Morgan fingerprint density at radius 1 is 1.25 bits per heavy atom. The van der Waals surface area contributed by atoms with Crippen LogP contribution in [0, 0.1) is 0 Å². The molecule has 146 valence electrons. The molecule has 0 atom stereocenters. The van der Waals surface area contributed by atoms with Gasteiger partial charge in [0.15, 0.2) is 5.49 Å². The first-order chi connectivity index (χ1) is 13.5. The number of nitrogens with zero attached hydrogens (tertiary/aromatic N) is 4. The normalized spacial score (nSPS) is 11.9. The zero-order chi connectivity index (χ0) is 20.3. The maximum Gasteiger partial charge on any atom is 0.341 e. The average molecular weight is 382 g/mol. The van der Waals surface area contributed by atoms with Crippen molar-refractivity contribution in [1.82, 2.24) is 14.0 Å². The predicted molar refractivity (Wildman–Crippen MR) is 104 cm³/mol. The summed E-state index contributed by atoms with van der Waals surface area (Å²) in [5.41, 5.74) is 0.806. The van der Waals surface area contributed by atoms with Crippen LogP contribution in [0.5, 0.6) is 0 Å². The quantitative estimate of drug-likeness (QED) is 0.497. The molecule has 0 fully saturated rings. The molecule has 0 aliphatic heterocycles. The van der Waals surface area contributed by atoms with Crippen molar-refractivity contribution < 1.29 is 14.3 Å². The molecule has 8 heteroatoms. The van der Waals surface area contributed by atoms with Crippen LogP contribution in [0.1, 0.15) is 44.0 Å². The highest BCUT2D eigenvalue weighted by Gasteiger charge is 2.19. The summed E-state index contributed by atoms with van der Waals surface area (Å²) < 4.78 is 8.22. The maximum atomic E-state index is 13.0. The molecule has 0 N–H and O–H groups in total. The molecule has 8 nitrogen and oxygen atoms in total. The third kappa shape index (κ3) is 3.58. The lowest BCUT2D eigenvalue weighted by Gasteiger charge is -2.14. The second-order valence-corrected chi connectivity index (χ2v) is 6.32. The van der Waals surface area contributed by atoms with Crippen LogP contribution < -0.4 is 11.0 Å². The maximum absolute atomic E-state index is 13.0. The number of ether oxygens (including phenoxy) is 1. The first kappa shape index (κ1) is 19.5. The number of hydrogen-bond donors (Lipinski definition) is 0. The van der Waals surface area contributed by atoms with Gasteiger partial charge in [-0.25, -0.2) is 9.78 Å². The number of fused-ring (bicyclic) bond motifs is 2. The number of rotatable bonds is 5. The summed E-state index contributed by atoms with van der Waals surface area (Å²) in [5, 5.41) is 0.269. The van der Waals surface area contributed by atoms with E-state index < -0.39 is 11.9 Å². The topological polar surface area (TPSA) is 95.0 Å². The molecule has 3 aromatic rings. The summed E-state index contributed by atoms with van der Waals surface area (Å²) in [4.78, 5) is 46.0. The Morgan fingerprint density at radius 3 is 2.71 bits per heavy atom. The zero-order valence-electron chi connectivity index (χ0n) is 16.1. The Kier molecular flexibility index (Phi) is 5.67. The minimum Gasteiger partial charge on any atom is -0.462 e. The molecule has 3 heterocycles. The van der Waals surface area contributed by atoms with Gasteiger partial charge in [0.2, 0.25) is 5.91 Å². The lowest BCUT2D eigenvalue weighted by Crippen LogP contribution is -2.32. The highest BCUT2D eigenvalue weighted by Crippen LogP contribution is 2.12. The molecule has 0 unspecified atom stereocenters. The molecule has 3 aromatic heterocycles. The van der Waals surface area contributed by atoms with Gasteiger partial charge in [-0.2, -0.15) is 4.99 Å². The number of carbonyl (C=O) groups excluding carboxylic acids is 2. The molecule has 0 saturated carbocycles. The molecule has 1 amide bonds. The lowest BCUT2D eigenvalue weighted by molar-refractivity contribution is -0.116. The largest absolute Gasteiger partial charge is 0.462 e. The van der Waals surface area contributed by atoms with Crippen molar-refractivity contribution in [2.24, 2.45) is 4.99 Å². The molecule has 0 spiro atoms. The van der Waals surface area contributed by atoms with Crippen molar-refractivity contribution >= 4 is 28.6 Å². The minimum absolute atomic E-state index is 0.0791. The van der Waals surface area contributed by atoms with Crippen LogP contribution in [0.3, 0.4) is 0 Å². The Labute approximate surface area is 161 Å². The SMILES string of the molecule is CCCCn1c(=NC(C)=O)c(C(=O)OCC)cc2c(=O)n3ccccc3nc21. The fourth-order valence-corrected chi connectivity index (χ4v) is 3.03. The summed E-state index contributed by atoms with van der Waals surface area (Å²) in [7, 11) is 0. The van der Waals surface area contributed by atoms with Crippen molar-refractivity contribution in [3.05, 3.63) is 51.9 Å². The Morgan fingerprint density at radius 2 is 2.04 bits per heavy atom. The van der Waals surface area contributed by atoms with Crippen molar-refractivity contribution in [1.29, 1.82) is 0 Å². The predicted octanol–water partition coefficient (Wildman–Crippen LogP) is 2.07. The van der Waals surface area contributed by atoms with E-state index in [1.807, 2.05) is 6.92 Å². The van der Waals surface area contributed by atoms with E-state index in [1.54, 1.807) is 35.9 Å². The second kappa shape index (κ2) is 8.16. The average Bonchev–Trinajstić information content (AvgIpc) is 2.67. The van der Waals surface area contributed by atoms with Gasteiger partial charge in [-0.15, -0.1) is 0 Å². The summed E-state index contributed by atoms with van der Waals surface area (Å²) in [6.45, 7) is 5.65. The number of carbonyl (C=O) groups is 2. The standard InChI is InChI=1S/C20H22N4O4/c1-4-6-10-24-17-14(19(26)23-11-8-7-9-16(23)22-17)12-15(20(27)28-5-2)18(24)21-13(3)25/h7-9,11-12H,4-6,10H2,1-3H3. The molecule has 0 aromatic carbocycles. The molecule has 28 heavy (non-hydrogen) atoms. The molecule has 0 bridgehead atoms. The van der Waals surface area contributed by atoms with E-state index in [9.17, 15) is 14.4 Å². The molecule has 0 saturated heterocycles. The van der Waals surface area contributed by atoms with Gasteiger partial charge in [0, 0.05) is 19.7 Å². The van der Waals surface area contributed by atoms with Gasteiger partial charge >= 0.3 is 5.97 Å². The van der Waals surface area contributed by atoms with E-state index in [1.165, 1.54) is 17.4 Å². The fourth-order valence-electron chi connectivity index (χ4n) is 3.03. The molecule has 0 radical (unpaired) electrons. The smallest absolute Gasteiger partial charge is 0.341 e. The molecule has 0 aliphatic carbocycles. The first-order valence-corrected chi connectivity index (χ1v) is 9.25. The number of aromatic nitrogens is 3. The van der Waals surface area contributed by atoms with Gasteiger partial charge in [-0.1, -0.05) is 19.4 Å². The van der Waals surface area contributed by atoms with Crippen LogP contribution in [0.15, 0.2) is 40.2 Å². The third-order valence-electron chi connectivity index (χ3n) is 4.28. The third-order valence-corrected chi connectivity index (χ3v) is 4.28. The number of amides is 1. The van der Waals surface area contributed by atoms with Crippen LogP contribution in [0.25, 0.3) is 16.7 Å². The van der Waals surface area contributed by atoms with Gasteiger partial charge in [0.25, 0.3) is 5.56 Å². The van der Waals surface area contributed by atoms with Crippen LogP contribution in [-0.2, 0) is 16.1 Å². The highest BCUT2D eigenvalue weighted by molar-refractivity contribution is 5.93. The number of aryl methyl sites for hydroxylation is 1. The number of pyridine rings is 2. The molecule has 0 aliphatic rings. The van der Waals surface area contributed by atoms with E-state index in [0.29, 0.717) is 17.8 Å². The Balaban J connectivity index is 2.52. The monoisotopic (exact) mass is 382 g/mol. The van der Waals surface area contributed by atoms with E-state index in [0.717, 1.165) is 12.8 Å². The Hall–Kier alpha value is -3.29. The summed E-state index contributed by atoms with van der Waals surface area (Å²) in [6, 6.07) is 6.68. The van der Waals surface area contributed by atoms with E-state index >= 15 is 0 Å². The second-order valence-electron chi connectivity index (χ2n) is 6.32. The van der Waals surface area contributed by atoms with Crippen LogP contribution >= 0.6 is 0 Å². The van der Waals surface area contributed by atoms with Crippen molar-refractivity contribution in [3.8, 4) is 0 Å². The lowest BCUT2D eigenvalue weighted by atomic mass is 10.2. The summed E-state index contributed by atoms with van der Waals surface area (Å²) in [6.07, 6.45) is 3.27. The number of esters is 1. The number of unbranched alkanes of at least 4 members (excludes halogenated alkanes) is 1. The van der Waals surface area contributed by atoms with Gasteiger partial charge in [-0.05, 0) is 31.5 Å². The van der Waals surface area contributed by atoms with Crippen molar-refractivity contribution in [2.75, 3.05) is 6.61 Å². The molecule has 3 rings (SSSR count).